The first-order valence-electron chi connectivity index (χ1n) is 5.16. The number of carbonyl (C=O) groups excluding carboxylic acids is 1. The molecule has 0 bridgehead atoms. The highest BCUT2D eigenvalue weighted by Gasteiger charge is 2.02. The fourth-order valence-corrected chi connectivity index (χ4v) is 1.95. The summed E-state index contributed by atoms with van der Waals surface area (Å²) in [6, 6.07) is 0. The molecule has 15 heavy (non-hydrogen) atoms. The summed E-state index contributed by atoms with van der Waals surface area (Å²) in [6.07, 6.45) is 2.17. The van der Waals surface area contributed by atoms with Crippen molar-refractivity contribution in [2.24, 2.45) is 5.73 Å². The lowest BCUT2D eigenvalue weighted by Crippen LogP contribution is -2.27. The molecular formula is C10H17N3OS. The Labute approximate surface area is 93.9 Å². The van der Waals surface area contributed by atoms with Crippen molar-refractivity contribution < 1.29 is 4.79 Å². The van der Waals surface area contributed by atoms with E-state index in [-0.39, 0.29) is 5.91 Å². The normalized spacial score (nSPS) is 10.3. The molecule has 0 atom stereocenters. The van der Waals surface area contributed by atoms with Crippen molar-refractivity contribution in [3.8, 4) is 0 Å². The monoisotopic (exact) mass is 227 g/mol. The van der Waals surface area contributed by atoms with Gasteiger partial charge in [-0.3, -0.25) is 4.79 Å². The van der Waals surface area contributed by atoms with Crippen LogP contribution in [0.2, 0.25) is 0 Å². The quantitative estimate of drug-likeness (QED) is 0.752. The van der Waals surface area contributed by atoms with Crippen LogP contribution < -0.4 is 11.1 Å². The van der Waals surface area contributed by atoms with E-state index < -0.39 is 0 Å². The van der Waals surface area contributed by atoms with E-state index in [2.05, 4.69) is 17.2 Å². The average Bonchev–Trinajstić information content (AvgIpc) is 2.66. The first-order valence-corrected chi connectivity index (χ1v) is 6.04. The Bertz CT molecular complexity index is 311. The summed E-state index contributed by atoms with van der Waals surface area (Å²) in [5.41, 5.74) is 6.32. The first-order chi connectivity index (χ1) is 7.26. The number of nitrogens with zero attached hydrogens (tertiary/aromatic N) is 1. The van der Waals surface area contributed by atoms with E-state index in [9.17, 15) is 4.79 Å². The van der Waals surface area contributed by atoms with E-state index in [1.807, 2.05) is 5.38 Å². The molecule has 4 nitrogen and oxygen atoms in total. The third kappa shape index (κ3) is 4.40. The Hall–Kier alpha value is -0.940. The van der Waals surface area contributed by atoms with Crippen molar-refractivity contribution in [2.45, 2.75) is 26.2 Å². The number of carbonyl (C=O) groups is 1. The van der Waals surface area contributed by atoms with Gasteiger partial charge in [0.15, 0.2) is 0 Å². The number of hydrogen-bond donors (Lipinski definition) is 2. The van der Waals surface area contributed by atoms with Crippen molar-refractivity contribution in [2.75, 3.05) is 13.1 Å². The zero-order valence-corrected chi connectivity index (χ0v) is 9.77. The van der Waals surface area contributed by atoms with E-state index >= 15 is 0 Å². The minimum absolute atomic E-state index is 0.0171. The van der Waals surface area contributed by atoms with Crippen LogP contribution in [0.15, 0.2) is 5.38 Å². The molecule has 0 unspecified atom stereocenters. The maximum absolute atomic E-state index is 11.1. The summed E-state index contributed by atoms with van der Waals surface area (Å²) in [6.45, 7) is 3.14. The third-order valence-corrected chi connectivity index (χ3v) is 3.02. The van der Waals surface area contributed by atoms with Crippen LogP contribution in [-0.2, 0) is 17.6 Å². The van der Waals surface area contributed by atoms with Gasteiger partial charge in [0.1, 0.15) is 0 Å². The highest BCUT2D eigenvalue weighted by Crippen LogP contribution is 2.09. The molecule has 1 aromatic heterocycles. The zero-order valence-electron chi connectivity index (χ0n) is 8.95. The number of nitrogens with one attached hydrogen (secondary N) is 1. The van der Waals surface area contributed by atoms with Crippen LogP contribution in [0.25, 0.3) is 0 Å². The van der Waals surface area contributed by atoms with Crippen LogP contribution >= 0.6 is 11.3 Å². The largest absolute Gasteiger partial charge is 0.356 e. The van der Waals surface area contributed by atoms with Crippen molar-refractivity contribution in [1.82, 2.24) is 10.3 Å². The number of hydrogen-bond acceptors (Lipinski definition) is 4. The molecule has 3 N–H and O–H groups in total. The van der Waals surface area contributed by atoms with Gasteiger partial charge in [-0.2, -0.15) is 0 Å². The second kappa shape index (κ2) is 6.53. The van der Waals surface area contributed by atoms with Gasteiger partial charge >= 0.3 is 0 Å². The molecule has 0 aliphatic carbocycles. The van der Waals surface area contributed by atoms with E-state index in [1.54, 1.807) is 11.3 Å². The molecule has 1 rings (SSSR count). The highest BCUT2D eigenvalue weighted by atomic mass is 32.1. The van der Waals surface area contributed by atoms with Crippen LogP contribution in [0.4, 0.5) is 0 Å². The molecular weight excluding hydrogens is 210 g/mol. The third-order valence-electron chi connectivity index (χ3n) is 1.98. The molecule has 0 spiro atoms. The second-order valence-corrected chi connectivity index (χ2v) is 4.17. The Balaban J connectivity index is 2.22. The summed E-state index contributed by atoms with van der Waals surface area (Å²) in [5, 5.41) is 6.01. The fourth-order valence-electron chi connectivity index (χ4n) is 1.18. The SMILES string of the molecule is CCc1nc(CCNC(=O)CCN)cs1. The Morgan fingerprint density at radius 1 is 1.67 bits per heavy atom. The molecule has 0 saturated heterocycles. The lowest BCUT2D eigenvalue weighted by molar-refractivity contribution is -0.120. The molecule has 0 saturated carbocycles. The fraction of sp³-hybridized carbons (Fsp3) is 0.600. The van der Waals surface area contributed by atoms with E-state index in [1.165, 1.54) is 0 Å². The van der Waals surface area contributed by atoms with E-state index in [4.69, 9.17) is 5.73 Å². The zero-order chi connectivity index (χ0) is 11.1. The molecule has 1 heterocycles. The minimum Gasteiger partial charge on any atom is -0.356 e. The van der Waals surface area contributed by atoms with Gasteiger partial charge in [0, 0.05) is 31.3 Å². The number of thiazole rings is 1. The molecule has 5 heteroatoms. The molecule has 0 radical (unpaired) electrons. The predicted molar refractivity (Wildman–Crippen MR) is 61.9 cm³/mol. The number of nitrogens with two attached hydrogens (primary N) is 1. The van der Waals surface area contributed by atoms with Crippen LogP contribution in [0.1, 0.15) is 24.0 Å². The number of aryl methyl sites for hydroxylation is 1. The molecule has 1 aromatic rings. The number of aromatic nitrogens is 1. The van der Waals surface area contributed by atoms with Crippen molar-refractivity contribution in [3.63, 3.8) is 0 Å². The van der Waals surface area contributed by atoms with Gasteiger partial charge in [-0.1, -0.05) is 6.92 Å². The predicted octanol–water partition coefficient (Wildman–Crippen LogP) is 0.713. The minimum atomic E-state index is 0.0171. The molecule has 0 aliphatic rings. The van der Waals surface area contributed by atoms with Gasteiger partial charge in [-0.25, -0.2) is 4.98 Å². The van der Waals surface area contributed by atoms with E-state index in [0.717, 1.165) is 23.5 Å². The maximum atomic E-state index is 11.1. The molecule has 84 valence electrons. The van der Waals surface area contributed by atoms with Crippen LogP contribution in [-0.4, -0.2) is 24.0 Å². The van der Waals surface area contributed by atoms with Gasteiger partial charge in [0.05, 0.1) is 10.7 Å². The summed E-state index contributed by atoms with van der Waals surface area (Å²) in [4.78, 5) is 15.5. The summed E-state index contributed by atoms with van der Waals surface area (Å²) >= 11 is 1.67. The van der Waals surface area contributed by atoms with E-state index in [0.29, 0.717) is 19.5 Å². The molecule has 0 fully saturated rings. The second-order valence-electron chi connectivity index (χ2n) is 3.22. The lowest BCUT2D eigenvalue weighted by atomic mass is 10.3. The Kier molecular flexibility index (Phi) is 5.28. The lowest BCUT2D eigenvalue weighted by Gasteiger charge is -2.01. The summed E-state index contributed by atoms with van der Waals surface area (Å²) in [5.74, 6) is 0.0171. The van der Waals surface area contributed by atoms with Gasteiger partial charge in [-0.05, 0) is 6.42 Å². The van der Waals surface area contributed by atoms with Crippen LogP contribution in [0, 0.1) is 0 Å². The summed E-state index contributed by atoms with van der Waals surface area (Å²) < 4.78 is 0. The average molecular weight is 227 g/mol. The summed E-state index contributed by atoms with van der Waals surface area (Å²) in [7, 11) is 0. The number of amides is 1. The van der Waals surface area contributed by atoms with Gasteiger partial charge in [-0.15, -0.1) is 11.3 Å². The standard InChI is InChI=1S/C10H17N3OS/c1-2-10-13-8(7-15-10)4-6-12-9(14)3-5-11/h7H,2-6,11H2,1H3,(H,12,14). The van der Waals surface area contributed by atoms with Gasteiger partial charge in [0.25, 0.3) is 0 Å². The molecule has 0 aromatic carbocycles. The van der Waals surface area contributed by atoms with Crippen molar-refractivity contribution in [1.29, 1.82) is 0 Å². The maximum Gasteiger partial charge on any atom is 0.221 e. The van der Waals surface area contributed by atoms with Crippen molar-refractivity contribution >= 4 is 17.2 Å². The first kappa shape index (κ1) is 12.1. The highest BCUT2D eigenvalue weighted by molar-refractivity contribution is 7.09. The van der Waals surface area contributed by atoms with Crippen LogP contribution in [0.5, 0.6) is 0 Å². The van der Waals surface area contributed by atoms with Gasteiger partial charge in [0.2, 0.25) is 5.91 Å². The van der Waals surface area contributed by atoms with Crippen LogP contribution in [0.3, 0.4) is 0 Å². The Morgan fingerprint density at radius 2 is 2.47 bits per heavy atom. The molecule has 0 aliphatic heterocycles. The number of rotatable bonds is 6. The van der Waals surface area contributed by atoms with Gasteiger partial charge < -0.3 is 11.1 Å². The van der Waals surface area contributed by atoms with Crippen molar-refractivity contribution in [3.05, 3.63) is 16.1 Å². The Morgan fingerprint density at radius 3 is 3.07 bits per heavy atom. The smallest absolute Gasteiger partial charge is 0.221 e. The topological polar surface area (TPSA) is 68.0 Å². The molecule has 1 amide bonds.